The van der Waals surface area contributed by atoms with E-state index in [1.807, 2.05) is 4.68 Å². The average molecular weight is 344 g/mol. The molecule has 0 radical (unpaired) electrons. The summed E-state index contributed by atoms with van der Waals surface area (Å²) in [6.45, 7) is 4.22. The predicted octanol–water partition coefficient (Wildman–Crippen LogP) is 4.63. The van der Waals surface area contributed by atoms with Crippen LogP contribution in [0.3, 0.4) is 0 Å². The maximum absolute atomic E-state index is 4.86. The molecule has 3 atom stereocenters. The third-order valence-electron chi connectivity index (χ3n) is 4.53. The van der Waals surface area contributed by atoms with Gasteiger partial charge in [-0.25, -0.2) is 4.68 Å². The molecule has 3 nitrogen and oxygen atoms in total. The molecule has 120 valence electrons. The third-order valence-corrected chi connectivity index (χ3v) is 6.25. The van der Waals surface area contributed by atoms with E-state index in [9.17, 15) is 0 Å². The summed E-state index contributed by atoms with van der Waals surface area (Å²) in [6, 6.07) is 4.51. The van der Waals surface area contributed by atoms with Crippen molar-refractivity contribution >= 4 is 28.9 Å². The van der Waals surface area contributed by atoms with Crippen LogP contribution in [0.25, 0.3) is 10.6 Å². The smallest absolute Gasteiger partial charge is 0.206 e. The second kappa shape index (κ2) is 6.21. The highest BCUT2D eigenvalue weighted by atomic mass is 32.1. The molecule has 2 aromatic rings. The molecule has 3 unspecified atom stereocenters. The van der Waals surface area contributed by atoms with Crippen molar-refractivity contribution in [1.29, 1.82) is 0 Å². The lowest BCUT2D eigenvalue weighted by atomic mass is 9.95. The van der Waals surface area contributed by atoms with Crippen molar-refractivity contribution in [3.05, 3.63) is 39.8 Å². The summed E-state index contributed by atoms with van der Waals surface area (Å²) in [6.07, 6.45) is 9.48. The summed E-state index contributed by atoms with van der Waals surface area (Å²) in [5.41, 5.74) is 1.15. The molecule has 0 saturated heterocycles. The molecule has 1 saturated carbocycles. The predicted molar refractivity (Wildman–Crippen MR) is 99.1 cm³/mol. The van der Waals surface area contributed by atoms with Crippen LogP contribution < -0.4 is 4.80 Å². The largest absolute Gasteiger partial charge is 0.255 e. The fourth-order valence-corrected chi connectivity index (χ4v) is 5.23. The molecule has 2 aliphatic rings. The molecule has 0 N–H and O–H groups in total. The van der Waals surface area contributed by atoms with Crippen molar-refractivity contribution in [2.75, 3.05) is 0 Å². The Labute approximate surface area is 144 Å². The highest BCUT2D eigenvalue weighted by molar-refractivity contribution is 7.14. The summed E-state index contributed by atoms with van der Waals surface area (Å²) in [7, 11) is 0. The summed E-state index contributed by atoms with van der Waals surface area (Å²) >= 11 is 3.43. The maximum atomic E-state index is 4.86. The number of thiophene rings is 1. The van der Waals surface area contributed by atoms with Gasteiger partial charge in [0.25, 0.3) is 0 Å². The van der Waals surface area contributed by atoms with Gasteiger partial charge >= 0.3 is 0 Å². The molecular formula is C18H21N3S2. The first-order valence-corrected chi connectivity index (χ1v) is 9.97. The van der Waals surface area contributed by atoms with Gasteiger partial charge in [-0.05, 0) is 50.0 Å². The van der Waals surface area contributed by atoms with E-state index in [4.69, 9.17) is 10.1 Å². The van der Waals surface area contributed by atoms with Crippen LogP contribution in [0.5, 0.6) is 0 Å². The first kappa shape index (κ1) is 15.1. The topological polar surface area (TPSA) is 29.6 Å². The molecule has 0 aliphatic heterocycles. The minimum atomic E-state index is 0.275. The van der Waals surface area contributed by atoms with Crippen molar-refractivity contribution in [3.63, 3.8) is 0 Å². The number of hydrogen-bond acceptors (Lipinski definition) is 4. The summed E-state index contributed by atoms with van der Waals surface area (Å²) in [5.74, 6) is 2.06. The standard InChI is InChI=1S/C18H21N3S2/c1-12(2)20-18-21(16(11-23-18)17-4-3-7-22-17)19-10-15-9-13-5-6-14(15)8-13/h3-7,10-15H,8-9H2,1-2H3. The van der Waals surface area contributed by atoms with Crippen LogP contribution in [-0.2, 0) is 0 Å². The summed E-state index contributed by atoms with van der Waals surface area (Å²) in [5, 5.41) is 9.14. The van der Waals surface area contributed by atoms with Gasteiger partial charge in [-0.3, -0.25) is 4.99 Å². The number of fused-ring (bicyclic) bond motifs is 2. The van der Waals surface area contributed by atoms with Crippen LogP contribution in [0.1, 0.15) is 26.7 Å². The Balaban J connectivity index is 1.70. The molecular weight excluding hydrogens is 322 g/mol. The van der Waals surface area contributed by atoms with Gasteiger partial charge in [0.05, 0.1) is 10.6 Å². The molecule has 4 rings (SSSR count). The Morgan fingerprint density at radius 1 is 1.26 bits per heavy atom. The number of rotatable bonds is 4. The van der Waals surface area contributed by atoms with Gasteiger partial charge in [-0.15, -0.1) is 22.7 Å². The number of nitrogens with zero attached hydrogens (tertiary/aromatic N) is 3. The molecule has 2 heterocycles. The molecule has 1 fully saturated rings. The van der Waals surface area contributed by atoms with Crippen molar-refractivity contribution < 1.29 is 0 Å². The Morgan fingerprint density at radius 3 is 2.83 bits per heavy atom. The highest BCUT2D eigenvalue weighted by Gasteiger charge is 2.34. The molecule has 0 spiro atoms. The van der Waals surface area contributed by atoms with E-state index in [1.54, 1.807) is 22.7 Å². The van der Waals surface area contributed by atoms with Gasteiger partial charge in [0.15, 0.2) is 0 Å². The van der Waals surface area contributed by atoms with Gasteiger partial charge in [0.1, 0.15) is 0 Å². The first-order chi connectivity index (χ1) is 11.2. The number of hydrogen-bond donors (Lipinski definition) is 0. The zero-order valence-electron chi connectivity index (χ0n) is 13.4. The average Bonchev–Trinajstić information content (AvgIpc) is 3.29. The van der Waals surface area contributed by atoms with E-state index in [0.29, 0.717) is 11.8 Å². The SMILES string of the molecule is CC(C)N=c1scc(-c2cccs2)n1N=CC1CC2C=CC1C2. The number of thiazole rings is 1. The van der Waals surface area contributed by atoms with Gasteiger partial charge in [0.2, 0.25) is 4.80 Å². The molecule has 5 heteroatoms. The van der Waals surface area contributed by atoms with Gasteiger partial charge < -0.3 is 0 Å². The van der Waals surface area contributed by atoms with Crippen LogP contribution in [-0.4, -0.2) is 16.9 Å². The van der Waals surface area contributed by atoms with E-state index < -0.39 is 0 Å². The molecule has 2 bridgehead atoms. The Morgan fingerprint density at radius 2 is 2.17 bits per heavy atom. The highest BCUT2D eigenvalue weighted by Crippen LogP contribution is 2.42. The third kappa shape index (κ3) is 3.00. The monoisotopic (exact) mass is 343 g/mol. The van der Waals surface area contributed by atoms with Crippen LogP contribution in [0.4, 0.5) is 0 Å². The number of aromatic nitrogens is 1. The van der Waals surface area contributed by atoms with Crippen molar-refractivity contribution in [2.24, 2.45) is 27.8 Å². The van der Waals surface area contributed by atoms with Crippen LogP contribution in [0.2, 0.25) is 0 Å². The fourth-order valence-electron chi connectivity index (χ4n) is 3.46. The molecule has 0 amide bonds. The van der Waals surface area contributed by atoms with E-state index in [1.165, 1.54) is 17.7 Å². The molecule has 2 aliphatic carbocycles. The molecule has 2 aromatic heterocycles. The molecule has 23 heavy (non-hydrogen) atoms. The van der Waals surface area contributed by atoms with E-state index in [-0.39, 0.29) is 6.04 Å². The quantitative estimate of drug-likeness (QED) is 0.572. The lowest BCUT2D eigenvalue weighted by Crippen LogP contribution is -2.16. The van der Waals surface area contributed by atoms with Crippen molar-refractivity contribution in [3.8, 4) is 10.6 Å². The van der Waals surface area contributed by atoms with E-state index in [2.05, 4.69) is 55.1 Å². The summed E-state index contributed by atoms with van der Waals surface area (Å²) < 4.78 is 2.03. The Bertz CT molecular complexity index is 793. The normalized spacial score (nSPS) is 27.1. The minimum Gasteiger partial charge on any atom is -0.255 e. The zero-order valence-corrected chi connectivity index (χ0v) is 15.1. The second-order valence-electron chi connectivity index (χ2n) is 6.62. The fraction of sp³-hybridized carbons (Fsp3) is 0.444. The second-order valence-corrected chi connectivity index (χ2v) is 8.41. The maximum Gasteiger partial charge on any atom is 0.206 e. The van der Waals surface area contributed by atoms with Gasteiger partial charge in [-0.1, -0.05) is 18.2 Å². The van der Waals surface area contributed by atoms with E-state index >= 15 is 0 Å². The summed E-state index contributed by atoms with van der Waals surface area (Å²) in [4.78, 5) is 6.97. The number of allylic oxidation sites excluding steroid dienone is 2. The first-order valence-electron chi connectivity index (χ1n) is 8.22. The van der Waals surface area contributed by atoms with Crippen LogP contribution in [0, 0.1) is 17.8 Å². The lowest BCUT2D eigenvalue weighted by Gasteiger charge is -2.12. The van der Waals surface area contributed by atoms with Crippen molar-refractivity contribution in [2.45, 2.75) is 32.7 Å². The zero-order chi connectivity index (χ0) is 15.8. The minimum absolute atomic E-state index is 0.275. The van der Waals surface area contributed by atoms with Crippen LogP contribution in [0.15, 0.2) is 45.1 Å². The Hall–Kier alpha value is -1.46. The van der Waals surface area contributed by atoms with Crippen molar-refractivity contribution in [1.82, 2.24) is 4.68 Å². The Kier molecular flexibility index (Phi) is 4.07. The molecule has 0 aromatic carbocycles. The van der Waals surface area contributed by atoms with Gasteiger partial charge in [0, 0.05) is 23.6 Å². The lowest BCUT2D eigenvalue weighted by molar-refractivity contribution is 0.589. The van der Waals surface area contributed by atoms with Crippen LogP contribution >= 0.6 is 22.7 Å². The van der Waals surface area contributed by atoms with Gasteiger partial charge in [-0.2, -0.15) is 5.10 Å². The van der Waals surface area contributed by atoms with E-state index in [0.717, 1.165) is 16.4 Å².